The summed E-state index contributed by atoms with van der Waals surface area (Å²) < 4.78 is 61.6. The summed E-state index contributed by atoms with van der Waals surface area (Å²) in [5.41, 5.74) is 2.79. The molecule has 1 saturated heterocycles. The number of benzene rings is 1. The predicted octanol–water partition coefficient (Wildman–Crippen LogP) is 7.29. The minimum atomic E-state index is -3.87. The Labute approximate surface area is 278 Å². The molecule has 12 heteroatoms. The quantitative estimate of drug-likeness (QED) is 0.207. The van der Waals surface area contributed by atoms with Crippen molar-refractivity contribution < 1.29 is 31.8 Å². The molecule has 10 nitrogen and oxygen atoms in total. The SMILES string of the molecule is CCn1nccc1N(c1nc(C(C)C)c(C=C[C@@H]2C[C@H](CC(=O)OC(C)(C)C)OC(C)(C)O2)c(-c2ccc(F)cc2)c1C)S(C)(=O)=O. The normalized spacial score (nSPS) is 18.6. The Morgan fingerprint density at radius 1 is 1.19 bits per heavy atom. The first-order chi connectivity index (χ1) is 21.8. The number of aryl methyl sites for hydroxylation is 1. The van der Waals surface area contributed by atoms with E-state index in [0.717, 1.165) is 11.8 Å². The van der Waals surface area contributed by atoms with E-state index in [-0.39, 0.29) is 29.9 Å². The molecule has 3 aromatic rings. The zero-order valence-corrected chi connectivity index (χ0v) is 29.8. The maximum absolute atomic E-state index is 14.1. The second-order valence-corrected chi connectivity index (χ2v) is 15.4. The highest BCUT2D eigenvalue weighted by molar-refractivity contribution is 7.92. The first-order valence-corrected chi connectivity index (χ1v) is 17.7. The molecular weight excluding hydrogens is 623 g/mol. The van der Waals surface area contributed by atoms with Gasteiger partial charge in [0.15, 0.2) is 11.6 Å². The van der Waals surface area contributed by atoms with Gasteiger partial charge in [0.1, 0.15) is 17.2 Å². The highest BCUT2D eigenvalue weighted by atomic mass is 32.2. The number of carbonyl (C=O) groups is 1. The number of carbonyl (C=O) groups excluding carboxylic acids is 1. The summed E-state index contributed by atoms with van der Waals surface area (Å²) in [6.45, 7) is 17.2. The van der Waals surface area contributed by atoms with Crippen LogP contribution in [0.15, 0.2) is 42.6 Å². The fourth-order valence-electron chi connectivity index (χ4n) is 5.84. The van der Waals surface area contributed by atoms with Gasteiger partial charge in [-0.25, -0.2) is 26.8 Å². The summed E-state index contributed by atoms with van der Waals surface area (Å²) >= 11 is 0. The Bertz CT molecular complexity index is 1730. The van der Waals surface area contributed by atoms with Crippen molar-refractivity contribution in [3.05, 3.63) is 65.2 Å². The Balaban J connectivity index is 1.87. The molecular formula is C35H47FN4O6S. The van der Waals surface area contributed by atoms with E-state index >= 15 is 0 Å². The van der Waals surface area contributed by atoms with Gasteiger partial charge >= 0.3 is 5.97 Å². The number of aromatic nitrogens is 3. The van der Waals surface area contributed by atoms with Gasteiger partial charge in [-0.3, -0.25) is 4.79 Å². The second-order valence-electron chi connectivity index (χ2n) is 13.6. The molecule has 0 N–H and O–H groups in total. The summed E-state index contributed by atoms with van der Waals surface area (Å²) in [7, 11) is -3.87. The van der Waals surface area contributed by atoms with E-state index in [2.05, 4.69) is 5.10 Å². The summed E-state index contributed by atoms with van der Waals surface area (Å²) in [5.74, 6) is -1.22. The zero-order chi connectivity index (χ0) is 34.9. The number of esters is 1. The molecule has 0 spiro atoms. The van der Waals surface area contributed by atoms with Crippen LogP contribution in [0.4, 0.5) is 16.0 Å². The summed E-state index contributed by atoms with van der Waals surface area (Å²) in [5, 5.41) is 4.30. The number of rotatable bonds is 10. The van der Waals surface area contributed by atoms with Gasteiger partial charge in [0, 0.05) is 30.2 Å². The van der Waals surface area contributed by atoms with E-state index in [1.165, 1.54) is 16.4 Å². The van der Waals surface area contributed by atoms with E-state index < -0.39 is 33.6 Å². The van der Waals surface area contributed by atoms with Gasteiger partial charge in [0.05, 0.1) is 36.8 Å². The third-order valence-corrected chi connectivity index (χ3v) is 8.58. The second kappa shape index (κ2) is 13.9. The lowest BCUT2D eigenvalue weighted by Crippen LogP contribution is -2.45. The first kappa shape index (κ1) is 36.2. The largest absolute Gasteiger partial charge is 0.460 e. The highest BCUT2D eigenvalue weighted by Crippen LogP contribution is 2.41. The van der Waals surface area contributed by atoms with Crippen LogP contribution >= 0.6 is 0 Å². The molecule has 3 heterocycles. The van der Waals surface area contributed by atoms with Gasteiger partial charge < -0.3 is 14.2 Å². The van der Waals surface area contributed by atoms with Crippen molar-refractivity contribution in [1.29, 1.82) is 0 Å². The molecule has 2 aromatic heterocycles. The number of halogens is 1. The smallest absolute Gasteiger partial charge is 0.308 e. The number of nitrogens with zero attached hydrogens (tertiary/aromatic N) is 4. The molecule has 0 bridgehead atoms. The van der Waals surface area contributed by atoms with Gasteiger partial charge in [-0.2, -0.15) is 5.10 Å². The van der Waals surface area contributed by atoms with Crippen molar-refractivity contribution in [2.75, 3.05) is 10.6 Å². The van der Waals surface area contributed by atoms with E-state index in [4.69, 9.17) is 19.2 Å². The van der Waals surface area contributed by atoms with Crippen LogP contribution in [0.2, 0.25) is 0 Å². The molecule has 0 amide bonds. The van der Waals surface area contributed by atoms with Crippen LogP contribution in [-0.2, 0) is 35.6 Å². The molecule has 1 aliphatic heterocycles. The van der Waals surface area contributed by atoms with Crippen molar-refractivity contribution in [2.24, 2.45) is 0 Å². The van der Waals surface area contributed by atoms with E-state index in [0.29, 0.717) is 41.2 Å². The van der Waals surface area contributed by atoms with Crippen LogP contribution in [0.5, 0.6) is 0 Å². The number of ether oxygens (including phenoxy) is 3. The number of anilines is 2. The lowest BCUT2D eigenvalue weighted by atomic mass is 9.90. The summed E-state index contributed by atoms with van der Waals surface area (Å²) in [4.78, 5) is 17.6. The standard InChI is InChI=1S/C35H47FN4O6S/c1-11-39-29(18-19-37-39)40(47(10,42)43)33-23(4)31(24-12-14-25(36)15-13-24)28(32(38-33)22(2)3)17-16-26-20-27(45-35(8,9)44-26)21-30(41)46-34(5,6)7/h12-19,22,26-27H,11,20-21H2,1-10H3/t26-,27-/m1/s1. The number of pyridine rings is 1. The third kappa shape index (κ3) is 8.85. The molecule has 4 rings (SSSR count). The molecule has 47 heavy (non-hydrogen) atoms. The Kier molecular flexibility index (Phi) is 10.7. The maximum Gasteiger partial charge on any atom is 0.308 e. The predicted molar refractivity (Wildman–Crippen MR) is 181 cm³/mol. The molecule has 256 valence electrons. The van der Waals surface area contributed by atoms with Crippen LogP contribution in [0.1, 0.15) is 91.0 Å². The molecule has 0 radical (unpaired) electrons. The van der Waals surface area contributed by atoms with Crippen molar-refractivity contribution >= 4 is 33.7 Å². The van der Waals surface area contributed by atoms with E-state index in [9.17, 15) is 17.6 Å². The van der Waals surface area contributed by atoms with Crippen molar-refractivity contribution in [2.45, 2.75) is 111 Å². The lowest BCUT2D eigenvalue weighted by Gasteiger charge is -2.40. The fraction of sp³-hybridized carbons (Fsp3) is 0.514. The van der Waals surface area contributed by atoms with Gasteiger partial charge in [0.2, 0.25) is 10.0 Å². The molecule has 1 aliphatic rings. The van der Waals surface area contributed by atoms with Crippen molar-refractivity contribution in [3.8, 4) is 11.1 Å². The number of hydrogen-bond donors (Lipinski definition) is 0. The lowest BCUT2D eigenvalue weighted by molar-refractivity contribution is -0.290. The Morgan fingerprint density at radius 2 is 1.85 bits per heavy atom. The average molecular weight is 671 g/mol. The highest BCUT2D eigenvalue weighted by Gasteiger charge is 2.37. The number of hydrogen-bond acceptors (Lipinski definition) is 8. The minimum Gasteiger partial charge on any atom is -0.460 e. The first-order valence-electron chi connectivity index (χ1n) is 15.9. The third-order valence-electron chi connectivity index (χ3n) is 7.56. The van der Waals surface area contributed by atoms with Gasteiger partial charge in [-0.05, 0) is 77.6 Å². The van der Waals surface area contributed by atoms with Crippen molar-refractivity contribution in [1.82, 2.24) is 14.8 Å². The molecule has 2 atom stereocenters. The molecule has 0 unspecified atom stereocenters. The van der Waals surface area contributed by atoms with Crippen LogP contribution < -0.4 is 4.31 Å². The summed E-state index contributed by atoms with van der Waals surface area (Å²) in [6, 6.07) is 7.75. The van der Waals surface area contributed by atoms with E-state index in [1.807, 2.05) is 60.6 Å². The molecule has 1 fully saturated rings. The Morgan fingerprint density at radius 3 is 2.43 bits per heavy atom. The average Bonchev–Trinajstić information content (AvgIpc) is 3.38. The summed E-state index contributed by atoms with van der Waals surface area (Å²) in [6.07, 6.45) is 6.18. The van der Waals surface area contributed by atoms with Gasteiger partial charge in [0.25, 0.3) is 0 Å². The van der Waals surface area contributed by atoms with Gasteiger partial charge in [-0.1, -0.05) is 38.1 Å². The molecule has 0 aliphatic carbocycles. The maximum atomic E-state index is 14.1. The minimum absolute atomic E-state index is 0.0809. The van der Waals surface area contributed by atoms with Crippen LogP contribution in [0, 0.1) is 12.7 Å². The van der Waals surface area contributed by atoms with Crippen LogP contribution in [-0.4, -0.2) is 59.0 Å². The zero-order valence-electron chi connectivity index (χ0n) is 29.0. The fourth-order valence-corrected chi connectivity index (χ4v) is 6.82. The van der Waals surface area contributed by atoms with E-state index in [1.54, 1.807) is 42.9 Å². The molecule has 0 saturated carbocycles. The monoisotopic (exact) mass is 670 g/mol. The number of sulfonamides is 1. The Hall–Kier alpha value is -3.61. The topological polar surface area (TPSA) is 113 Å². The van der Waals surface area contributed by atoms with Crippen LogP contribution in [0.25, 0.3) is 17.2 Å². The van der Waals surface area contributed by atoms with Crippen LogP contribution in [0.3, 0.4) is 0 Å². The molecule has 1 aromatic carbocycles. The van der Waals surface area contributed by atoms with Gasteiger partial charge in [-0.15, -0.1) is 0 Å². The van der Waals surface area contributed by atoms with Crippen molar-refractivity contribution in [3.63, 3.8) is 0 Å².